The molecular formula is C53H76N2O9. The molecule has 4 N–H and O–H groups in total. The average Bonchev–Trinajstić information content (AvgIpc) is 3.56. The minimum absolute atomic E-state index is 0.00123. The number of carbonyl (C=O) groups excluding carboxylic acids is 2. The number of fused-ring (bicyclic) bond motifs is 6. The lowest BCUT2D eigenvalue weighted by Gasteiger charge is -2.77. The van der Waals surface area contributed by atoms with E-state index < -0.39 is 35.1 Å². The van der Waals surface area contributed by atoms with E-state index in [1.165, 1.54) is 5.57 Å². The molecular weight excluding hydrogens is 809 g/mol. The van der Waals surface area contributed by atoms with Gasteiger partial charge in [-0.2, -0.15) is 0 Å². The number of hydrogen-bond acceptors (Lipinski definition) is 9. The second-order valence-electron chi connectivity index (χ2n) is 23.4. The van der Waals surface area contributed by atoms with Crippen LogP contribution in [0.3, 0.4) is 0 Å². The number of nitrogens with one attached hydrogen (secondary N) is 1. The number of carboxylic acid groups (broad SMARTS) is 1. The number of carbonyl (C=O) groups is 3. The number of aliphatic carboxylic acids is 1. The van der Waals surface area contributed by atoms with Crippen molar-refractivity contribution < 1.29 is 43.9 Å². The Bertz CT molecular complexity index is 2080. The zero-order valence-electron chi connectivity index (χ0n) is 39.8. The summed E-state index contributed by atoms with van der Waals surface area (Å²) >= 11 is 0. The summed E-state index contributed by atoms with van der Waals surface area (Å²) in [4.78, 5) is 42.0. The first kappa shape index (κ1) is 46.0. The van der Waals surface area contributed by atoms with Crippen molar-refractivity contribution in [2.24, 2.45) is 67.5 Å². The van der Waals surface area contributed by atoms with Crippen molar-refractivity contribution in [3.63, 3.8) is 0 Å². The molecule has 5 saturated carbocycles. The highest BCUT2D eigenvalue weighted by Gasteiger charge is 2.76. The standard InChI is InChI=1S/C53H76N2O9/c1-32(2)42-38(56)30-52(40(57)31-54-44(58)33-9-11-34(12-10-33)63-28-25-55-23-26-62-27-24-55)20-17-48(5)35(43(42)52)13-14-39-49(48,6)18-21-53-22-19-51(53,8)41(15-16-50(39,53)7)64-46(61)37-29-36(45(59)60)47(37,3)4/h9-12,19,22,32,35-37,39-41,46,57,61H,13-18,20-21,23-31H2,1-8H3,(H,54,58)(H,59,60)/t35-,36+,37-,39+,40+,41?,46?,48-,49?,50-,51-,52+,53+/m1/s1. The van der Waals surface area contributed by atoms with Crippen molar-refractivity contribution in [2.75, 3.05) is 46.0 Å². The van der Waals surface area contributed by atoms with E-state index >= 15 is 0 Å². The second kappa shape index (κ2) is 16.0. The second-order valence-corrected chi connectivity index (χ2v) is 23.4. The fourth-order valence-electron chi connectivity index (χ4n) is 16.3. The number of benzene rings is 1. The van der Waals surface area contributed by atoms with Crippen LogP contribution in [0.5, 0.6) is 5.75 Å². The summed E-state index contributed by atoms with van der Waals surface area (Å²) in [7, 11) is 0. The number of carboxylic acids is 1. The zero-order valence-corrected chi connectivity index (χ0v) is 39.8. The predicted molar refractivity (Wildman–Crippen MR) is 243 cm³/mol. The van der Waals surface area contributed by atoms with Crippen LogP contribution in [0.15, 0.2) is 47.6 Å². The topological polar surface area (TPSA) is 155 Å². The van der Waals surface area contributed by atoms with Crippen LogP contribution in [0.2, 0.25) is 0 Å². The molecule has 3 unspecified atom stereocenters. The van der Waals surface area contributed by atoms with Crippen LogP contribution >= 0.6 is 0 Å². The number of ether oxygens (including phenoxy) is 3. The lowest BCUT2D eigenvalue weighted by molar-refractivity contribution is -0.299. The minimum atomic E-state index is -1.00. The normalized spacial score (nSPS) is 41.9. The van der Waals surface area contributed by atoms with Crippen LogP contribution < -0.4 is 10.1 Å². The molecule has 1 amide bonds. The van der Waals surface area contributed by atoms with E-state index in [4.69, 9.17) is 14.2 Å². The number of allylic oxidation sites excluding steroid dienone is 2. The average molecular weight is 885 g/mol. The summed E-state index contributed by atoms with van der Waals surface area (Å²) in [5, 5.41) is 36.7. The van der Waals surface area contributed by atoms with Gasteiger partial charge in [0.1, 0.15) is 12.4 Å². The Labute approximate surface area is 381 Å². The van der Waals surface area contributed by atoms with Gasteiger partial charge in [-0.1, -0.05) is 73.1 Å². The Morgan fingerprint density at radius 3 is 2.23 bits per heavy atom. The van der Waals surface area contributed by atoms with Gasteiger partial charge in [0.25, 0.3) is 5.91 Å². The van der Waals surface area contributed by atoms with Gasteiger partial charge in [0.05, 0.1) is 31.3 Å². The summed E-state index contributed by atoms with van der Waals surface area (Å²) in [5.41, 5.74) is 0.928. The number of aliphatic hydroxyl groups is 2. The van der Waals surface area contributed by atoms with Crippen molar-refractivity contribution >= 4 is 17.7 Å². The van der Waals surface area contributed by atoms with Crippen LogP contribution in [-0.2, 0) is 19.1 Å². The van der Waals surface area contributed by atoms with Crippen molar-refractivity contribution in [1.82, 2.24) is 10.2 Å². The molecule has 8 aliphatic rings. The number of aliphatic hydroxyl groups excluding tert-OH is 2. The van der Waals surface area contributed by atoms with Gasteiger partial charge >= 0.3 is 5.97 Å². The van der Waals surface area contributed by atoms with E-state index in [0.717, 1.165) is 83.4 Å². The van der Waals surface area contributed by atoms with Gasteiger partial charge in [0.2, 0.25) is 0 Å². The number of nitrogens with zero attached hydrogens (tertiary/aromatic N) is 1. The quantitative estimate of drug-likeness (QED) is 0.114. The van der Waals surface area contributed by atoms with Crippen molar-refractivity contribution in [2.45, 2.75) is 138 Å². The summed E-state index contributed by atoms with van der Waals surface area (Å²) in [6.45, 7) is 22.9. The Balaban J connectivity index is 0.905. The van der Waals surface area contributed by atoms with Gasteiger partial charge in [-0.05, 0) is 127 Å². The smallest absolute Gasteiger partial charge is 0.307 e. The molecule has 11 heteroatoms. The summed E-state index contributed by atoms with van der Waals surface area (Å²) < 4.78 is 18.1. The van der Waals surface area contributed by atoms with Gasteiger partial charge < -0.3 is 34.8 Å². The molecule has 0 bridgehead atoms. The minimum Gasteiger partial charge on any atom is -0.492 e. The zero-order chi connectivity index (χ0) is 45.8. The number of ketones is 1. The molecule has 1 saturated heterocycles. The lowest BCUT2D eigenvalue weighted by Crippen LogP contribution is -2.72. The Morgan fingerprint density at radius 1 is 0.891 bits per heavy atom. The number of rotatable bonds is 13. The summed E-state index contributed by atoms with van der Waals surface area (Å²) in [5.74, 6) is -0.251. The van der Waals surface area contributed by atoms with Crippen molar-refractivity contribution in [3.05, 3.63) is 53.1 Å². The lowest BCUT2D eigenvalue weighted by atomic mass is 9.27. The Kier molecular flexibility index (Phi) is 11.5. The monoisotopic (exact) mass is 885 g/mol. The van der Waals surface area contributed by atoms with Crippen LogP contribution in [0.25, 0.3) is 0 Å². The highest BCUT2D eigenvalue weighted by atomic mass is 16.6. The molecule has 6 fully saturated rings. The van der Waals surface area contributed by atoms with Crippen LogP contribution in [-0.4, -0.2) is 102 Å². The molecule has 1 aromatic rings. The third kappa shape index (κ3) is 6.53. The van der Waals surface area contributed by atoms with E-state index in [0.29, 0.717) is 43.1 Å². The molecule has 0 radical (unpaired) electrons. The molecule has 1 spiro atoms. The molecule has 1 heterocycles. The fraction of sp³-hybridized carbons (Fsp3) is 0.755. The number of amides is 1. The molecule has 11 nitrogen and oxygen atoms in total. The van der Waals surface area contributed by atoms with Gasteiger partial charge in [0, 0.05) is 60.3 Å². The van der Waals surface area contributed by atoms with Gasteiger partial charge in [-0.15, -0.1) is 0 Å². The Morgan fingerprint density at radius 2 is 1.59 bits per heavy atom. The van der Waals surface area contributed by atoms with Gasteiger partial charge in [-0.25, -0.2) is 0 Å². The van der Waals surface area contributed by atoms with E-state index in [2.05, 4.69) is 63.9 Å². The van der Waals surface area contributed by atoms with Gasteiger partial charge in [0.15, 0.2) is 12.1 Å². The molecule has 352 valence electrons. The third-order valence-corrected chi connectivity index (χ3v) is 20.6. The first-order valence-corrected chi connectivity index (χ1v) is 24.7. The Hall–Kier alpha value is -3.09. The maximum Gasteiger partial charge on any atom is 0.307 e. The SMILES string of the molecule is CC(C)C1=C2[C@H]3CC[C@H]4C(C)(CC[C@@]56C=C[C@]5(C)C(OC(O)[C@H]5C[C@@H](C(=O)O)C5(C)C)CC[C@]46C)[C@]3(C)CC[C@@]2([C@@H](O)CNC(=O)c2ccc(OCCN3CCOCC3)cc2)CC1=O. The highest BCUT2D eigenvalue weighted by Crippen LogP contribution is 2.82. The van der Waals surface area contributed by atoms with Crippen molar-refractivity contribution in [3.8, 4) is 5.75 Å². The highest BCUT2D eigenvalue weighted by molar-refractivity contribution is 6.01. The first-order valence-electron chi connectivity index (χ1n) is 24.7. The number of morpholine rings is 1. The molecule has 13 atom stereocenters. The third-order valence-electron chi connectivity index (χ3n) is 20.6. The number of Topliss-reactive ketones (excluding diaryl/α,β-unsaturated/α-hetero) is 1. The predicted octanol–water partition coefficient (Wildman–Crippen LogP) is 7.84. The molecule has 9 rings (SSSR count). The molecule has 1 aromatic carbocycles. The fourth-order valence-corrected chi connectivity index (χ4v) is 16.3. The van der Waals surface area contributed by atoms with Crippen LogP contribution in [0.4, 0.5) is 0 Å². The molecule has 1 aliphatic heterocycles. The maximum atomic E-state index is 14.3. The van der Waals surface area contributed by atoms with E-state index in [9.17, 15) is 29.7 Å². The molecule has 0 aromatic heterocycles. The van der Waals surface area contributed by atoms with Crippen molar-refractivity contribution in [1.29, 1.82) is 0 Å². The maximum absolute atomic E-state index is 14.3. The first-order chi connectivity index (χ1) is 30.2. The summed E-state index contributed by atoms with van der Waals surface area (Å²) in [6, 6.07) is 7.18. The van der Waals surface area contributed by atoms with Crippen LogP contribution in [0.1, 0.15) is 130 Å². The largest absolute Gasteiger partial charge is 0.492 e. The van der Waals surface area contributed by atoms with E-state index in [1.54, 1.807) is 12.1 Å². The summed E-state index contributed by atoms with van der Waals surface area (Å²) in [6.07, 6.45) is 11.0. The van der Waals surface area contributed by atoms with E-state index in [-0.39, 0.29) is 69.2 Å². The van der Waals surface area contributed by atoms with Crippen LogP contribution in [0, 0.1) is 67.5 Å². The van der Waals surface area contributed by atoms with Gasteiger partial charge in [-0.3, -0.25) is 19.3 Å². The molecule has 64 heavy (non-hydrogen) atoms. The van der Waals surface area contributed by atoms with E-state index in [1.807, 2.05) is 26.0 Å². The number of hydrogen-bond donors (Lipinski definition) is 4. The molecule has 7 aliphatic carbocycles.